The number of benzene rings is 1. The number of methoxy groups -OCH3 is 1. The van der Waals surface area contributed by atoms with E-state index in [-0.39, 0.29) is 5.56 Å². The first-order chi connectivity index (χ1) is 9.76. The van der Waals surface area contributed by atoms with Gasteiger partial charge in [0.25, 0.3) is 5.56 Å². The lowest BCUT2D eigenvalue weighted by Gasteiger charge is -2.14. The highest BCUT2D eigenvalue weighted by Crippen LogP contribution is 2.18. The number of aromatic nitrogens is 2. The van der Waals surface area contributed by atoms with Crippen molar-refractivity contribution in [1.82, 2.24) is 9.97 Å². The minimum absolute atomic E-state index is 0.0348. The maximum atomic E-state index is 12.1. The Bertz CT molecular complexity index is 676. The van der Waals surface area contributed by atoms with Crippen molar-refractivity contribution in [3.63, 3.8) is 0 Å². The van der Waals surface area contributed by atoms with E-state index in [1.54, 1.807) is 7.11 Å². The Morgan fingerprint density at radius 2 is 2.15 bits per heavy atom. The van der Waals surface area contributed by atoms with Gasteiger partial charge in [0.05, 0.1) is 12.8 Å². The van der Waals surface area contributed by atoms with Crippen molar-refractivity contribution in [1.29, 1.82) is 0 Å². The Labute approximate surface area is 117 Å². The fourth-order valence-corrected chi connectivity index (χ4v) is 2.71. The van der Waals surface area contributed by atoms with Gasteiger partial charge >= 0.3 is 0 Å². The van der Waals surface area contributed by atoms with E-state index in [1.165, 1.54) is 0 Å². The van der Waals surface area contributed by atoms with Crippen molar-refractivity contribution in [3.8, 4) is 5.75 Å². The highest BCUT2D eigenvalue weighted by molar-refractivity contribution is 5.31. The van der Waals surface area contributed by atoms with Crippen molar-refractivity contribution in [2.45, 2.75) is 32.1 Å². The number of H-pyrrole nitrogens is 1. The van der Waals surface area contributed by atoms with Crippen molar-refractivity contribution in [2.24, 2.45) is 0 Å². The van der Waals surface area contributed by atoms with Crippen molar-refractivity contribution in [2.75, 3.05) is 7.11 Å². The van der Waals surface area contributed by atoms with Gasteiger partial charge in [-0.1, -0.05) is 12.1 Å². The number of ether oxygens (including phenoxy) is 1. The maximum Gasteiger partial charge on any atom is 0.254 e. The van der Waals surface area contributed by atoms with Gasteiger partial charge in [-0.3, -0.25) is 4.79 Å². The molecule has 1 aliphatic rings. The Morgan fingerprint density at radius 1 is 1.30 bits per heavy atom. The first-order valence-corrected chi connectivity index (χ1v) is 7.00. The quantitative estimate of drug-likeness (QED) is 0.930. The van der Waals surface area contributed by atoms with Crippen LogP contribution in [-0.2, 0) is 19.3 Å². The van der Waals surface area contributed by atoms with Crippen LogP contribution in [0.2, 0.25) is 0 Å². The summed E-state index contributed by atoms with van der Waals surface area (Å²) < 4.78 is 5.21. The number of nitrogens with zero attached hydrogens (tertiary/aromatic N) is 1. The summed E-state index contributed by atoms with van der Waals surface area (Å²) in [5.41, 5.74) is 2.99. The van der Waals surface area contributed by atoms with Crippen molar-refractivity contribution < 1.29 is 4.74 Å². The predicted molar refractivity (Wildman–Crippen MR) is 77.3 cm³/mol. The molecule has 3 rings (SSSR count). The van der Waals surface area contributed by atoms with E-state index < -0.39 is 0 Å². The second-order valence-corrected chi connectivity index (χ2v) is 5.17. The van der Waals surface area contributed by atoms with E-state index in [1.807, 2.05) is 24.3 Å². The average Bonchev–Trinajstić information content (AvgIpc) is 2.47. The highest BCUT2D eigenvalue weighted by atomic mass is 16.5. The van der Waals surface area contributed by atoms with E-state index in [9.17, 15) is 4.79 Å². The summed E-state index contributed by atoms with van der Waals surface area (Å²) in [6.07, 6.45) is 4.62. The molecular formula is C16H18N2O2. The van der Waals surface area contributed by atoms with Gasteiger partial charge in [0.2, 0.25) is 0 Å². The molecule has 0 aliphatic heterocycles. The van der Waals surface area contributed by atoms with Crippen LogP contribution in [0.15, 0.2) is 29.1 Å². The SMILES string of the molecule is COc1cccc(Cc2nc3c(c(=O)[nH]2)CCCC3)c1. The van der Waals surface area contributed by atoms with Gasteiger partial charge < -0.3 is 9.72 Å². The number of rotatable bonds is 3. The third-order valence-electron chi connectivity index (χ3n) is 3.75. The number of fused-ring (bicyclic) bond motifs is 1. The van der Waals surface area contributed by atoms with Gasteiger partial charge in [-0.2, -0.15) is 0 Å². The molecular weight excluding hydrogens is 252 g/mol. The number of hydrogen-bond acceptors (Lipinski definition) is 3. The first kappa shape index (κ1) is 12.9. The van der Waals surface area contributed by atoms with Crippen molar-refractivity contribution in [3.05, 3.63) is 57.3 Å². The molecule has 1 aliphatic carbocycles. The summed E-state index contributed by atoms with van der Waals surface area (Å²) in [4.78, 5) is 19.6. The molecule has 104 valence electrons. The second-order valence-electron chi connectivity index (χ2n) is 5.17. The Morgan fingerprint density at radius 3 is 3.00 bits per heavy atom. The van der Waals surface area contributed by atoms with Crippen LogP contribution in [0.1, 0.15) is 35.5 Å². The largest absolute Gasteiger partial charge is 0.497 e. The normalized spacial score (nSPS) is 13.8. The average molecular weight is 270 g/mol. The van der Waals surface area contributed by atoms with Crippen LogP contribution in [0.3, 0.4) is 0 Å². The highest BCUT2D eigenvalue weighted by Gasteiger charge is 2.15. The molecule has 0 amide bonds. The maximum absolute atomic E-state index is 12.1. The molecule has 0 radical (unpaired) electrons. The molecule has 4 nitrogen and oxygen atoms in total. The zero-order valence-corrected chi connectivity index (χ0v) is 11.6. The molecule has 0 atom stereocenters. The molecule has 4 heteroatoms. The smallest absolute Gasteiger partial charge is 0.254 e. The Kier molecular flexibility index (Phi) is 3.54. The van der Waals surface area contributed by atoms with E-state index in [0.717, 1.165) is 54.1 Å². The number of nitrogens with one attached hydrogen (secondary N) is 1. The van der Waals surface area contributed by atoms with Gasteiger partial charge in [0, 0.05) is 12.0 Å². The topological polar surface area (TPSA) is 55.0 Å². The predicted octanol–water partition coefficient (Wildman–Crippen LogP) is 2.25. The van der Waals surface area contributed by atoms with Gasteiger partial charge in [-0.15, -0.1) is 0 Å². The standard InChI is InChI=1S/C16H18N2O2/c1-20-12-6-4-5-11(9-12)10-15-17-14-8-3-2-7-13(14)16(19)18-15/h4-6,9H,2-3,7-8,10H2,1H3,(H,17,18,19). The number of aromatic amines is 1. The van der Waals surface area contributed by atoms with Crippen LogP contribution in [-0.4, -0.2) is 17.1 Å². The number of hydrogen-bond donors (Lipinski definition) is 1. The summed E-state index contributed by atoms with van der Waals surface area (Å²) in [5, 5.41) is 0. The monoisotopic (exact) mass is 270 g/mol. The molecule has 0 bridgehead atoms. The van der Waals surface area contributed by atoms with Gasteiger partial charge in [0.15, 0.2) is 0 Å². The van der Waals surface area contributed by atoms with Crippen LogP contribution in [0, 0.1) is 0 Å². The molecule has 0 saturated carbocycles. The molecule has 1 aromatic heterocycles. The molecule has 1 heterocycles. The first-order valence-electron chi connectivity index (χ1n) is 7.00. The van der Waals surface area contributed by atoms with Crippen LogP contribution < -0.4 is 10.3 Å². The molecule has 0 saturated heterocycles. The summed E-state index contributed by atoms with van der Waals surface area (Å²) in [6, 6.07) is 7.85. The van der Waals surface area contributed by atoms with E-state index in [0.29, 0.717) is 6.42 Å². The molecule has 1 N–H and O–H groups in total. The van der Waals surface area contributed by atoms with E-state index >= 15 is 0 Å². The van der Waals surface area contributed by atoms with Crippen LogP contribution >= 0.6 is 0 Å². The van der Waals surface area contributed by atoms with E-state index in [4.69, 9.17) is 4.74 Å². The molecule has 0 unspecified atom stereocenters. The third kappa shape index (κ3) is 2.59. The lowest BCUT2D eigenvalue weighted by molar-refractivity contribution is 0.414. The van der Waals surface area contributed by atoms with E-state index in [2.05, 4.69) is 9.97 Å². The van der Waals surface area contributed by atoms with Gasteiger partial charge in [-0.05, 0) is 43.4 Å². The second kappa shape index (κ2) is 5.49. The molecule has 1 aromatic carbocycles. The summed E-state index contributed by atoms with van der Waals surface area (Å²) in [5.74, 6) is 1.56. The Balaban J connectivity index is 1.91. The summed E-state index contributed by atoms with van der Waals surface area (Å²) >= 11 is 0. The zero-order valence-electron chi connectivity index (χ0n) is 11.6. The molecule has 20 heavy (non-hydrogen) atoms. The third-order valence-corrected chi connectivity index (χ3v) is 3.75. The number of aryl methyl sites for hydroxylation is 1. The Hall–Kier alpha value is -2.10. The zero-order chi connectivity index (χ0) is 13.9. The fraction of sp³-hybridized carbons (Fsp3) is 0.375. The fourth-order valence-electron chi connectivity index (χ4n) is 2.71. The minimum atomic E-state index is 0.0348. The minimum Gasteiger partial charge on any atom is -0.497 e. The van der Waals surface area contributed by atoms with Crippen molar-refractivity contribution >= 4 is 0 Å². The summed E-state index contributed by atoms with van der Waals surface area (Å²) in [6.45, 7) is 0. The summed E-state index contributed by atoms with van der Waals surface area (Å²) in [7, 11) is 1.65. The van der Waals surface area contributed by atoms with Gasteiger partial charge in [0.1, 0.15) is 11.6 Å². The molecule has 0 fully saturated rings. The molecule has 2 aromatic rings. The molecule has 0 spiro atoms. The lowest BCUT2D eigenvalue weighted by atomic mass is 9.97. The van der Waals surface area contributed by atoms with Gasteiger partial charge in [-0.25, -0.2) is 4.98 Å². The van der Waals surface area contributed by atoms with Crippen LogP contribution in [0.5, 0.6) is 5.75 Å². The van der Waals surface area contributed by atoms with Crippen LogP contribution in [0.4, 0.5) is 0 Å². The lowest BCUT2D eigenvalue weighted by Crippen LogP contribution is -2.23. The van der Waals surface area contributed by atoms with Crippen LogP contribution in [0.25, 0.3) is 0 Å².